The first kappa shape index (κ1) is 28.4. The Morgan fingerprint density at radius 3 is 1.93 bits per heavy atom. The molecule has 0 unspecified atom stereocenters. The highest BCUT2D eigenvalue weighted by molar-refractivity contribution is 8.45. The summed E-state index contributed by atoms with van der Waals surface area (Å²) in [5.74, 6) is -0.331. The van der Waals surface area contributed by atoms with Crippen molar-refractivity contribution in [3.05, 3.63) is 48.5 Å². The second kappa shape index (κ2) is 8.94. The van der Waals surface area contributed by atoms with Crippen LogP contribution in [0.15, 0.2) is 58.3 Å². The highest BCUT2D eigenvalue weighted by Gasteiger charge is 2.65. The summed E-state index contributed by atoms with van der Waals surface area (Å²) in [6.45, 7) is 1.35. The number of carbonyl (C=O) groups excluding carboxylic acids is 2. The molecular formula is C24H28F5N5O4S2. The summed E-state index contributed by atoms with van der Waals surface area (Å²) in [6.07, 6.45) is 1.60. The Hall–Kier alpha value is -3.11. The summed E-state index contributed by atoms with van der Waals surface area (Å²) in [6, 6.07) is 8.27. The number of nitrogens with zero attached hydrogens (tertiary/aromatic N) is 2. The van der Waals surface area contributed by atoms with Crippen LogP contribution in [0.2, 0.25) is 0 Å². The molecule has 3 fully saturated rings. The molecule has 0 bridgehead atoms. The Labute approximate surface area is 227 Å². The van der Waals surface area contributed by atoms with Gasteiger partial charge in [0, 0.05) is 43.6 Å². The maximum Gasteiger partial charge on any atom is 0.322 e. The molecule has 1 spiro atoms. The number of halogens is 5. The van der Waals surface area contributed by atoms with E-state index in [9.17, 15) is 37.4 Å². The van der Waals surface area contributed by atoms with Crippen molar-refractivity contribution in [2.24, 2.45) is 0 Å². The van der Waals surface area contributed by atoms with Crippen molar-refractivity contribution in [1.82, 2.24) is 14.9 Å². The second-order valence-electron chi connectivity index (χ2n) is 10.3. The molecule has 2 aromatic carbocycles. The molecule has 220 valence electrons. The maximum atomic E-state index is 13.2. The van der Waals surface area contributed by atoms with Crippen molar-refractivity contribution >= 4 is 43.6 Å². The Kier molecular flexibility index (Phi) is 6.35. The molecule has 5 rings (SSSR count). The quantitative estimate of drug-likeness (QED) is 0.321. The second-order valence-corrected chi connectivity index (χ2v) is 14.6. The van der Waals surface area contributed by atoms with E-state index in [1.165, 1.54) is 16.4 Å². The van der Waals surface area contributed by atoms with Gasteiger partial charge in [0.05, 0.1) is 4.90 Å². The predicted octanol–water partition coefficient (Wildman–Crippen LogP) is 4.79. The van der Waals surface area contributed by atoms with Crippen LogP contribution < -0.4 is 20.9 Å². The zero-order valence-electron chi connectivity index (χ0n) is 21.1. The molecule has 16 heteroatoms. The van der Waals surface area contributed by atoms with Gasteiger partial charge in [-0.2, -0.15) is 4.31 Å². The first-order valence-corrected chi connectivity index (χ1v) is 15.9. The number of carbonyl (C=O) groups is 2. The molecule has 2 aromatic rings. The van der Waals surface area contributed by atoms with Crippen LogP contribution in [0.4, 0.5) is 35.6 Å². The number of urea groups is 1. The van der Waals surface area contributed by atoms with Gasteiger partial charge in [0.1, 0.15) is 10.4 Å². The molecule has 3 amide bonds. The minimum absolute atomic E-state index is 0.116. The lowest BCUT2D eigenvalue weighted by molar-refractivity contribution is -0.124. The van der Waals surface area contributed by atoms with E-state index in [1.807, 2.05) is 4.90 Å². The van der Waals surface area contributed by atoms with Crippen LogP contribution in [0.3, 0.4) is 0 Å². The molecule has 0 aromatic heterocycles. The number of sulfonamides is 1. The van der Waals surface area contributed by atoms with Gasteiger partial charge in [-0.1, -0.05) is 19.4 Å². The summed E-state index contributed by atoms with van der Waals surface area (Å²) < 4.78 is 92.3. The minimum atomic E-state index is -9.74. The maximum absolute atomic E-state index is 13.2. The molecule has 3 heterocycles. The van der Waals surface area contributed by atoms with Crippen LogP contribution in [0.1, 0.15) is 25.7 Å². The smallest absolute Gasteiger partial charge is 0.322 e. The van der Waals surface area contributed by atoms with Gasteiger partial charge in [-0.25, -0.2) is 13.2 Å². The Morgan fingerprint density at radius 1 is 0.850 bits per heavy atom. The van der Waals surface area contributed by atoms with Crippen LogP contribution in [0.5, 0.6) is 0 Å². The number of hydrogen-bond acceptors (Lipinski definition) is 6. The number of hydrogen-bond donors (Lipinski definition) is 3. The van der Waals surface area contributed by atoms with Crippen LogP contribution >= 0.6 is 10.2 Å². The molecule has 0 aliphatic carbocycles. The molecule has 3 aliphatic rings. The van der Waals surface area contributed by atoms with Crippen molar-refractivity contribution in [2.45, 2.75) is 47.1 Å². The van der Waals surface area contributed by atoms with Gasteiger partial charge < -0.3 is 15.5 Å². The SMILES string of the molecule is O=C1NC(=O)C2(CCN(c3ccc(S(=O)(=O)N4CCC(Nc5ccc(S(F)(F)(F)(F)F)cc5)CC4)cc3)CC2)N1. The van der Waals surface area contributed by atoms with Crippen LogP contribution in [0, 0.1) is 0 Å². The lowest BCUT2D eigenvalue weighted by atomic mass is 9.87. The molecule has 3 saturated heterocycles. The van der Waals surface area contributed by atoms with Gasteiger partial charge >= 0.3 is 16.3 Å². The molecule has 0 radical (unpaired) electrons. The molecule has 9 nitrogen and oxygen atoms in total. The van der Waals surface area contributed by atoms with Crippen LogP contribution in [-0.4, -0.2) is 62.4 Å². The Bertz CT molecular complexity index is 1420. The van der Waals surface area contributed by atoms with E-state index in [2.05, 4.69) is 16.0 Å². The summed E-state index contributed by atoms with van der Waals surface area (Å²) in [5, 5.41) is 7.96. The van der Waals surface area contributed by atoms with Gasteiger partial charge in [0.15, 0.2) is 0 Å². The Morgan fingerprint density at radius 2 is 1.43 bits per heavy atom. The van der Waals surface area contributed by atoms with Gasteiger partial charge in [0.25, 0.3) is 5.91 Å². The third-order valence-electron chi connectivity index (χ3n) is 7.60. The summed E-state index contributed by atoms with van der Waals surface area (Å²) in [4.78, 5) is 23.8. The Balaban J connectivity index is 1.16. The molecular weight excluding hydrogens is 581 g/mol. The van der Waals surface area contributed by atoms with Gasteiger partial charge in [-0.15, -0.1) is 0 Å². The monoisotopic (exact) mass is 609 g/mol. The number of benzene rings is 2. The van der Waals surface area contributed by atoms with Crippen molar-refractivity contribution in [3.8, 4) is 0 Å². The summed E-state index contributed by atoms with van der Waals surface area (Å²) in [7, 11) is -13.5. The normalized spacial score (nSPS) is 22.4. The van der Waals surface area contributed by atoms with E-state index >= 15 is 0 Å². The average Bonchev–Trinajstić information content (AvgIpc) is 3.15. The predicted molar refractivity (Wildman–Crippen MR) is 141 cm³/mol. The zero-order valence-corrected chi connectivity index (χ0v) is 22.7. The van der Waals surface area contributed by atoms with Crippen LogP contribution in [0.25, 0.3) is 0 Å². The molecule has 0 saturated carbocycles. The zero-order chi connectivity index (χ0) is 29.0. The molecule has 0 atom stereocenters. The van der Waals surface area contributed by atoms with E-state index in [0.29, 0.717) is 50.9 Å². The van der Waals surface area contributed by atoms with Crippen LogP contribution in [-0.2, 0) is 14.8 Å². The molecule has 40 heavy (non-hydrogen) atoms. The average molecular weight is 610 g/mol. The molecule has 3 N–H and O–H groups in total. The lowest BCUT2D eigenvalue weighted by Crippen LogP contribution is -2.54. The van der Waals surface area contributed by atoms with Gasteiger partial charge in [0.2, 0.25) is 10.0 Å². The van der Waals surface area contributed by atoms with Crippen molar-refractivity contribution in [3.63, 3.8) is 0 Å². The van der Waals surface area contributed by atoms with Gasteiger partial charge in [-0.3, -0.25) is 10.1 Å². The number of imide groups is 1. The fourth-order valence-corrected chi connectivity index (χ4v) is 7.41. The van der Waals surface area contributed by atoms with E-state index < -0.39 is 36.7 Å². The lowest BCUT2D eigenvalue weighted by Gasteiger charge is -2.40. The fourth-order valence-electron chi connectivity index (χ4n) is 5.29. The fraction of sp³-hybridized carbons (Fsp3) is 0.417. The van der Waals surface area contributed by atoms with E-state index in [4.69, 9.17) is 0 Å². The first-order valence-electron chi connectivity index (χ1n) is 12.5. The van der Waals surface area contributed by atoms with Crippen molar-refractivity contribution < 1.29 is 37.4 Å². The van der Waals surface area contributed by atoms with E-state index in [-0.39, 0.29) is 35.6 Å². The molecule has 3 aliphatic heterocycles. The van der Waals surface area contributed by atoms with Gasteiger partial charge in [-0.05, 0) is 74.2 Å². The third kappa shape index (κ3) is 5.69. The standard InChI is InChI=1S/C24H28F5N5O4S2/c25-40(26,27,28,29)21-7-1-17(2-8-21)30-18-9-13-34(14-10-18)39(37,38)20-5-3-19(4-6-20)33-15-11-24(12-16-33)22(35)31-23(36)32-24/h1-8,18,30H,9-16H2,(H2,31,32,35,36). The number of amides is 3. The topological polar surface area (TPSA) is 111 Å². The highest BCUT2D eigenvalue weighted by atomic mass is 32.5. The van der Waals surface area contributed by atoms with E-state index in [0.717, 1.165) is 17.8 Å². The largest absolute Gasteiger partial charge is 0.382 e. The number of nitrogens with one attached hydrogen (secondary N) is 3. The van der Waals surface area contributed by atoms with E-state index in [1.54, 1.807) is 12.1 Å². The first-order chi connectivity index (χ1) is 18.4. The summed E-state index contributed by atoms with van der Waals surface area (Å²) in [5.41, 5.74) is 0.125. The number of anilines is 2. The van der Waals surface area contributed by atoms with Crippen molar-refractivity contribution in [2.75, 3.05) is 36.4 Å². The van der Waals surface area contributed by atoms with Crippen molar-refractivity contribution in [1.29, 1.82) is 0 Å². The number of rotatable bonds is 6. The minimum Gasteiger partial charge on any atom is -0.382 e. The highest BCUT2D eigenvalue weighted by Crippen LogP contribution is 3.02. The summed E-state index contributed by atoms with van der Waals surface area (Å²) >= 11 is 0. The number of piperidine rings is 2. The third-order valence-corrected chi connectivity index (χ3v) is 10.7.